The summed E-state index contributed by atoms with van der Waals surface area (Å²) in [6.07, 6.45) is 16.8. The van der Waals surface area contributed by atoms with Gasteiger partial charge in [-0.05, 0) is 122 Å². The van der Waals surface area contributed by atoms with E-state index in [0.29, 0.717) is 17.6 Å². The lowest BCUT2D eigenvalue weighted by Gasteiger charge is -2.58. The van der Waals surface area contributed by atoms with Gasteiger partial charge >= 0.3 is 5.97 Å². The van der Waals surface area contributed by atoms with Crippen molar-refractivity contribution in [1.82, 2.24) is 0 Å². The Hall–Kier alpha value is -1.77. The second kappa shape index (κ2) is 11.6. The Morgan fingerprint density at radius 3 is 2.46 bits per heavy atom. The van der Waals surface area contributed by atoms with Crippen LogP contribution < -0.4 is 4.74 Å². The molecule has 216 valence electrons. The number of carbonyl (C=O) groups excluding carboxylic acids is 1. The van der Waals surface area contributed by atoms with Crippen LogP contribution in [0.1, 0.15) is 123 Å². The van der Waals surface area contributed by atoms with Crippen molar-refractivity contribution in [2.45, 2.75) is 118 Å². The predicted molar refractivity (Wildman–Crippen MR) is 160 cm³/mol. The summed E-state index contributed by atoms with van der Waals surface area (Å²) in [5.74, 6) is 5.72. The van der Waals surface area contributed by atoms with Crippen molar-refractivity contribution >= 4 is 5.97 Å². The molecular formula is C36H54O3. The largest absolute Gasteiger partial charge is 0.494 e. The lowest BCUT2D eigenvalue weighted by molar-refractivity contribution is -0.0594. The molecule has 3 nitrogen and oxygen atoms in total. The van der Waals surface area contributed by atoms with Crippen LogP contribution in [0.3, 0.4) is 0 Å². The highest BCUT2D eigenvalue weighted by Gasteiger charge is 2.59. The highest BCUT2D eigenvalue weighted by molar-refractivity contribution is 5.89. The number of hydrogen-bond donors (Lipinski definition) is 0. The van der Waals surface area contributed by atoms with Crippen LogP contribution in [-0.4, -0.2) is 18.7 Å². The van der Waals surface area contributed by atoms with Gasteiger partial charge in [-0.1, -0.05) is 65.5 Å². The first kappa shape index (κ1) is 28.7. The quantitative estimate of drug-likeness (QED) is 0.234. The zero-order valence-electron chi connectivity index (χ0n) is 25.6. The van der Waals surface area contributed by atoms with E-state index in [1.807, 2.05) is 31.2 Å². The fraction of sp³-hybridized carbons (Fsp3) is 0.750. The van der Waals surface area contributed by atoms with E-state index in [1.54, 1.807) is 5.57 Å². The molecule has 4 aliphatic carbocycles. The lowest BCUT2D eigenvalue weighted by atomic mass is 9.47. The SMILES string of the molecule is CCOc1ccc(C(=O)OC2CC[C@@]3(C)C(=CCC4C5CCC(C(C)CCCC(C)C)[C@@]5(C)CCC43)C2)cc1. The van der Waals surface area contributed by atoms with Crippen LogP contribution in [0.25, 0.3) is 0 Å². The summed E-state index contributed by atoms with van der Waals surface area (Å²) in [5.41, 5.74) is 3.02. The molecule has 0 aliphatic heterocycles. The Labute approximate surface area is 238 Å². The molecule has 0 N–H and O–H groups in total. The highest BCUT2D eigenvalue weighted by atomic mass is 16.5. The van der Waals surface area contributed by atoms with Gasteiger partial charge in [0.2, 0.25) is 0 Å². The molecule has 3 heteroatoms. The maximum atomic E-state index is 12.9. The van der Waals surface area contributed by atoms with Crippen LogP contribution >= 0.6 is 0 Å². The first-order valence-electron chi connectivity index (χ1n) is 16.3. The number of rotatable bonds is 9. The maximum absolute atomic E-state index is 12.9. The second-order valence-corrected chi connectivity index (χ2v) is 14.5. The molecule has 1 aromatic rings. The van der Waals surface area contributed by atoms with Gasteiger partial charge in [0, 0.05) is 6.42 Å². The Balaban J connectivity index is 1.22. The summed E-state index contributed by atoms with van der Waals surface area (Å²) in [6.45, 7) is 15.1. The van der Waals surface area contributed by atoms with Gasteiger partial charge in [0.1, 0.15) is 11.9 Å². The molecule has 0 saturated heterocycles. The van der Waals surface area contributed by atoms with Crippen LogP contribution in [0.5, 0.6) is 5.75 Å². The van der Waals surface area contributed by atoms with Crippen LogP contribution in [0, 0.1) is 46.3 Å². The van der Waals surface area contributed by atoms with Crippen LogP contribution in [0.15, 0.2) is 35.9 Å². The van der Waals surface area contributed by atoms with E-state index >= 15 is 0 Å². The van der Waals surface area contributed by atoms with E-state index in [2.05, 4.69) is 40.7 Å². The molecule has 0 bridgehead atoms. The number of benzene rings is 1. The van der Waals surface area contributed by atoms with E-state index in [9.17, 15) is 4.79 Å². The summed E-state index contributed by atoms with van der Waals surface area (Å²) in [5, 5.41) is 0. The predicted octanol–water partition coefficient (Wildman–Crippen LogP) is 9.65. The van der Waals surface area contributed by atoms with Crippen LogP contribution in [0.2, 0.25) is 0 Å². The number of ether oxygens (including phenoxy) is 2. The van der Waals surface area contributed by atoms with Gasteiger partial charge in [0.25, 0.3) is 0 Å². The van der Waals surface area contributed by atoms with Gasteiger partial charge in [-0.25, -0.2) is 4.79 Å². The second-order valence-electron chi connectivity index (χ2n) is 14.5. The van der Waals surface area contributed by atoms with E-state index in [1.165, 1.54) is 51.4 Å². The fourth-order valence-electron chi connectivity index (χ4n) is 9.83. The van der Waals surface area contributed by atoms with Gasteiger partial charge in [-0.2, -0.15) is 0 Å². The first-order chi connectivity index (χ1) is 18.7. The van der Waals surface area contributed by atoms with Gasteiger partial charge in [0.15, 0.2) is 0 Å². The standard InChI is InChI=1S/C36H54O3/c1-7-38-28-14-11-26(12-15-28)34(37)39-29-19-21-35(5)27(23-29)13-16-30-32-18-17-31(25(4)10-8-9-24(2)3)36(32,6)22-20-33(30)35/h11-15,24-25,29-33H,7-10,16-23H2,1-6H3/t25?,29?,30?,31?,32?,33?,35-,36+/m0/s1. The fourth-order valence-corrected chi connectivity index (χ4v) is 9.83. The highest BCUT2D eigenvalue weighted by Crippen LogP contribution is 2.67. The van der Waals surface area contributed by atoms with Crippen molar-refractivity contribution in [2.24, 2.45) is 46.3 Å². The van der Waals surface area contributed by atoms with E-state index in [-0.39, 0.29) is 17.5 Å². The molecule has 5 rings (SSSR count). The number of esters is 1. The third kappa shape index (κ3) is 5.58. The summed E-state index contributed by atoms with van der Waals surface area (Å²) >= 11 is 0. The first-order valence-corrected chi connectivity index (χ1v) is 16.3. The number of fused-ring (bicyclic) bond motifs is 5. The Morgan fingerprint density at radius 2 is 1.74 bits per heavy atom. The third-order valence-corrected chi connectivity index (χ3v) is 11.9. The molecule has 1 aromatic carbocycles. The number of allylic oxidation sites excluding steroid dienone is 1. The summed E-state index contributed by atoms with van der Waals surface area (Å²) < 4.78 is 11.6. The minimum absolute atomic E-state index is 0.00338. The van der Waals surface area contributed by atoms with Crippen molar-refractivity contribution in [3.8, 4) is 5.75 Å². The van der Waals surface area contributed by atoms with Gasteiger partial charge in [-0.3, -0.25) is 0 Å². The minimum atomic E-state index is -0.200. The lowest BCUT2D eigenvalue weighted by Crippen LogP contribution is -2.51. The smallest absolute Gasteiger partial charge is 0.338 e. The topological polar surface area (TPSA) is 35.5 Å². The van der Waals surface area contributed by atoms with E-state index < -0.39 is 0 Å². The third-order valence-electron chi connectivity index (χ3n) is 11.9. The molecule has 3 saturated carbocycles. The maximum Gasteiger partial charge on any atom is 0.338 e. The zero-order chi connectivity index (χ0) is 27.8. The molecule has 0 aromatic heterocycles. The Bertz CT molecular complexity index is 1020. The average Bonchev–Trinajstić information content (AvgIpc) is 3.26. The zero-order valence-corrected chi connectivity index (χ0v) is 25.6. The molecule has 4 aliphatic rings. The number of carbonyl (C=O) groups is 1. The van der Waals surface area contributed by atoms with Crippen molar-refractivity contribution < 1.29 is 14.3 Å². The van der Waals surface area contributed by atoms with Crippen LogP contribution in [-0.2, 0) is 4.74 Å². The van der Waals surface area contributed by atoms with E-state index in [4.69, 9.17) is 9.47 Å². The molecule has 0 amide bonds. The van der Waals surface area contributed by atoms with Gasteiger partial charge in [0.05, 0.1) is 12.2 Å². The molecule has 0 radical (unpaired) electrons. The number of hydrogen-bond acceptors (Lipinski definition) is 3. The molecular weight excluding hydrogens is 480 g/mol. The average molecular weight is 535 g/mol. The molecule has 8 atom stereocenters. The Kier molecular flexibility index (Phi) is 8.56. The monoisotopic (exact) mass is 534 g/mol. The van der Waals surface area contributed by atoms with Crippen molar-refractivity contribution in [1.29, 1.82) is 0 Å². The molecule has 0 spiro atoms. The van der Waals surface area contributed by atoms with Crippen molar-refractivity contribution in [3.63, 3.8) is 0 Å². The molecule has 6 unspecified atom stereocenters. The summed E-state index contributed by atoms with van der Waals surface area (Å²) in [7, 11) is 0. The Morgan fingerprint density at radius 1 is 0.974 bits per heavy atom. The van der Waals surface area contributed by atoms with Gasteiger partial charge < -0.3 is 9.47 Å². The summed E-state index contributed by atoms with van der Waals surface area (Å²) in [6, 6.07) is 7.37. The van der Waals surface area contributed by atoms with E-state index in [0.717, 1.165) is 60.5 Å². The minimum Gasteiger partial charge on any atom is -0.494 e. The molecule has 39 heavy (non-hydrogen) atoms. The normalized spacial score (nSPS) is 36.4. The van der Waals surface area contributed by atoms with Crippen molar-refractivity contribution in [3.05, 3.63) is 41.5 Å². The van der Waals surface area contributed by atoms with Crippen LogP contribution in [0.4, 0.5) is 0 Å². The summed E-state index contributed by atoms with van der Waals surface area (Å²) in [4.78, 5) is 12.9. The molecule has 0 heterocycles. The van der Waals surface area contributed by atoms with Crippen molar-refractivity contribution in [2.75, 3.05) is 6.61 Å². The van der Waals surface area contributed by atoms with Gasteiger partial charge in [-0.15, -0.1) is 0 Å². The molecule has 3 fully saturated rings.